The third-order valence-corrected chi connectivity index (χ3v) is 2.52. The van der Waals surface area contributed by atoms with Crippen LogP contribution in [-0.2, 0) is 4.79 Å². The Balaban J connectivity index is 2.17. The molecule has 1 aliphatic rings. The van der Waals surface area contributed by atoms with Gasteiger partial charge in [-0.3, -0.25) is 4.79 Å². The number of carbonyl (C=O) groups excluding carboxylic acids is 1. The Hall–Kier alpha value is -1.32. The minimum atomic E-state index is -1.01. The van der Waals surface area contributed by atoms with Gasteiger partial charge in [0.1, 0.15) is 5.78 Å². The van der Waals surface area contributed by atoms with Crippen molar-refractivity contribution in [1.29, 1.82) is 0 Å². The predicted molar refractivity (Wildman–Crippen MR) is 52.1 cm³/mol. The molecule has 0 radical (unpaired) electrons. The first-order valence-corrected chi connectivity index (χ1v) is 4.76. The molecular weight excluding hydrogens is 182 g/mol. The summed E-state index contributed by atoms with van der Waals surface area (Å²) in [6.07, 6.45) is 3.28. The summed E-state index contributed by atoms with van der Waals surface area (Å²) >= 11 is 0. The molecule has 1 aliphatic carbocycles. The zero-order valence-corrected chi connectivity index (χ0v) is 8.03. The average molecular weight is 197 g/mol. The van der Waals surface area contributed by atoms with E-state index >= 15 is 0 Å². The smallest absolute Gasteiger partial charge is 0.404 e. The Labute approximate surface area is 83.0 Å². The summed E-state index contributed by atoms with van der Waals surface area (Å²) in [5.74, 6) is 0.292. The van der Waals surface area contributed by atoms with Crippen LogP contribution in [0.1, 0.15) is 25.7 Å². The van der Waals surface area contributed by atoms with Gasteiger partial charge in [-0.2, -0.15) is 0 Å². The van der Waals surface area contributed by atoms with E-state index in [9.17, 15) is 9.59 Å². The van der Waals surface area contributed by atoms with Crippen molar-refractivity contribution in [1.82, 2.24) is 5.32 Å². The Morgan fingerprint density at radius 3 is 2.64 bits per heavy atom. The number of carboxylic acid groups (broad SMARTS) is 1. The van der Waals surface area contributed by atoms with E-state index in [0.717, 1.165) is 0 Å². The van der Waals surface area contributed by atoms with Gasteiger partial charge in [0.2, 0.25) is 0 Å². The zero-order chi connectivity index (χ0) is 10.6. The second-order valence-corrected chi connectivity index (χ2v) is 3.61. The molecule has 0 aromatic carbocycles. The van der Waals surface area contributed by atoms with Crippen LogP contribution < -0.4 is 5.32 Å². The number of rotatable bonds is 5. The maximum atomic E-state index is 11.4. The molecule has 0 spiro atoms. The molecule has 0 aromatic heterocycles. The Bertz CT molecular complexity index is 244. The van der Waals surface area contributed by atoms with Crippen LogP contribution in [0.3, 0.4) is 0 Å². The standard InChI is InChI=1S/C10H15NO3/c1-2-3-4-9(12)7-5-8(6-7)11-10(13)14/h2,7-8,11H,1,3-6H2,(H,13,14). The number of nitrogens with one attached hydrogen (secondary N) is 1. The molecule has 0 heterocycles. The summed E-state index contributed by atoms with van der Waals surface area (Å²) in [6, 6.07) is -0.0230. The molecule has 1 amide bonds. The van der Waals surface area contributed by atoms with Gasteiger partial charge in [-0.15, -0.1) is 6.58 Å². The van der Waals surface area contributed by atoms with Crippen LogP contribution >= 0.6 is 0 Å². The highest BCUT2D eigenvalue weighted by Crippen LogP contribution is 2.29. The lowest BCUT2D eigenvalue weighted by Gasteiger charge is -2.33. The van der Waals surface area contributed by atoms with E-state index in [-0.39, 0.29) is 17.7 Å². The van der Waals surface area contributed by atoms with Gasteiger partial charge in [0.15, 0.2) is 0 Å². The van der Waals surface area contributed by atoms with E-state index in [4.69, 9.17) is 5.11 Å². The second-order valence-electron chi connectivity index (χ2n) is 3.61. The van der Waals surface area contributed by atoms with Crippen LogP contribution in [0.25, 0.3) is 0 Å². The molecular formula is C10H15NO3. The maximum absolute atomic E-state index is 11.4. The molecule has 0 atom stereocenters. The monoisotopic (exact) mass is 197 g/mol. The van der Waals surface area contributed by atoms with Gasteiger partial charge in [0.25, 0.3) is 0 Å². The Morgan fingerprint density at radius 1 is 1.50 bits per heavy atom. The molecule has 0 aromatic rings. The summed E-state index contributed by atoms with van der Waals surface area (Å²) in [6.45, 7) is 3.55. The van der Waals surface area contributed by atoms with Gasteiger partial charge in [-0.1, -0.05) is 6.08 Å². The number of hydrogen-bond donors (Lipinski definition) is 2. The summed E-state index contributed by atoms with van der Waals surface area (Å²) in [4.78, 5) is 21.6. The Kier molecular flexibility index (Phi) is 3.68. The second kappa shape index (κ2) is 4.79. The number of carbonyl (C=O) groups is 2. The predicted octanol–water partition coefficient (Wildman–Crippen LogP) is 1.57. The topological polar surface area (TPSA) is 66.4 Å². The van der Waals surface area contributed by atoms with Gasteiger partial charge in [0, 0.05) is 18.4 Å². The van der Waals surface area contributed by atoms with E-state index < -0.39 is 6.09 Å². The molecule has 1 saturated carbocycles. The SMILES string of the molecule is C=CCCC(=O)C1CC(NC(=O)O)C1. The highest BCUT2D eigenvalue weighted by atomic mass is 16.4. The number of Topliss-reactive ketones (excluding diaryl/α,β-unsaturated/α-hetero) is 1. The Morgan fingerprint density at radius 2 is 2.14 bits per heavy atom. The fraction of sp³-hybridized carbons (Fsp3) is 0.600. The van der Waals surface area contributed by atoms with E-state index in [0.29, 0.717) is 25.7 Å². The number of hydrogen-bond acceptors (Lipinski definition) is 2. The molecule has 0 aliphatic heterocycles. The maximum Gasteiger partial charge on any atom is 0.404 e. The number of allylic oxidation sites excluding steroid dienone is 1. The summed E-state index contributed by atoms with van der Waals surface area (Å²) in [7, 11) is 0. The first-order chi connectivity index (χ1) is 6.63. The molecule has 0 unspecified atom stereocenters. The zero-order valence-electron chi connectivity index (χ0n) is 8.03. The van der Waals surface area contributed by atoms with Crippen molar-refractivity contribution in [2.75, 3.05) is 0 Å². The number of ketones is 1. The number of amides is 1. The van der Waals surface area contributed by atoms with Crippen molar-refractivity contribution in [2.24, 2.45) is 5.92 Å². The van der Waals surface area contributed by atoms with Crippen LogP contribution in [0.5, 0.6) is 0 Å². The average Bonchev–Trinajstić information content (AvgIpc) is 2.06. The lowest BCUT2D eigenvalue weighted by Crippen LogP contribution is -2.46. The minimum Gasteiger partial charge on any atom is -0.465 e. The first kappa shape index (κ1) is 10.8. The molecule has 1 fully saturated rings. The van der Waals surface area contributed by atoms with Gasteiger partial charge in [-0.05, 0) is 19.3 Å². The van der Waals surface area contributed by atoms with Gasteiger partial charge >= 0.3 is 6.09 Å². The fourth-order valence-electron chi connectivity index (χ4n) is 1.62. The molecule has 78 valence electrons. The summed E-state index contributed by atoms with van der Waals surface area (Å²) in [5.41, 5.74) is 0. The molecule has 0 bridgehead atoms. The molecule has 14 heavy (non-hydrogen) atoms. The highest BCUT2D eigenvalue weighted by Gasteiger charge is 2.34. The first-order valence-electron chi connectivity index (χ1n) is 4.76. The van der Waals surface area contributed by atoms with Crippen LogP contribution in [0, 0.1) is 5.92 Å². The van der Waals surface area contributed by atoms with E-state index in [1.165, 1.54) is 0 Å². The summed E-state index contributed by atoms with van der Waals surface area (Å²) < 4.78 is 0. The molecule has 0 saturated heterocycles. The van der Waals surface area contributed by atoms with Crippen molar-refractivity contribution >= 4 is 11.9 Å². The lowest BCUT2D eigenvalue weighted by molar-refractivity contribution is -0.125. The molecule has 1 rings (SSSR count). The van der Waals surface area contributed by atoms with Gasteiger partial charge in [-0.25, -0.2) is 4.79 Å². The van der Waals surface area contributed by atoms with Crippen LogP contribution in [-0.4, -0.2) is 23.0 Å². The van der Waals surface area contributed by atoms with Crippen molar-refractivity contribution < 1.29 is 14.7 Å². The van der Waals surface area contributed by atoms with Crippen LogP contribution in [0.4, 0.5) is 4.79 Å². The van der Waals surface area contributed by atoms with E-state index in [1.54, 1.807) is 6.08 Å². The largest absolute Gasteiger partial charge is 0.465 e. The van der Waals surface area contributed by atoms with E-state index in [1.807, 2.05) is 0 Å². The molecule has 4 heteroatoms. The van der Waals surface area contributed by atoms with Gasteiger partial charge in [0.05, 0.1) is 0 Å². The highest BCUT2D eigenvalue weighted by molar-refractivity contribution is 5.82. The van der Waals surface area contributed by atoms with E-state index in [2.05, 4.69) is 11.9 Å². The van der Waals surface area contributed by atoms with Crippen LogP contribution in [0.15, 0.2) is 12.7 Å². The van der Waals surface area contributed by atoms with Crippen molar-refractivity contribution in [3.8, 4) is 0 Å². The van der Waals surface area contributed by atoms with Crippen LogP contribution in [0.2, 0.25) is 0 Å². The quantitative estimate of drug-likeness (QED) is 0.657. The van der Waals surface area contributed by atoms with Gasteiger partial charge < -0.3 is 10.4 Å². The summed E-state index contributed by atoms with van der Waals surface area (Å²) in [5, 5.41) is 10.8. The van der Waals surface area contributed by atoms with Crippen molar-refractivity contribution in [3.05, 3.63) is 12.7 Å². The fourth-order valence-corrected chi connectivity index (χ4v) is 1.62. The molecule has 4 nitrogen and oxygen atoms in total. The lowest BCUT2D eigenvalue weighted by atomic mass is 9.76. The van der Waals surface area contributed by atoms with Crippen molar-refractivity contribution in [3.63, 3.8) is 0 Å². The molecule has 2 N–H and O–H groups in total. The third-order valence-electron chi connectivity index (χ3n) is 2.52. The normalized spacial score (nSPS) is 24.9. The minimum absolute atomic E-state index is 0.0230. The third kappa shape index (κ3) is 2.87. The van der Waals surface area contributed by atoms with Crippen molar-refractivity contribution in [2.45, 2.75) is 31.7 Å².